The molecule has 0 aliphatic heterocycles. The summed E-state index contributed by atoms with van der Waals surface area (Å²) in [6.07, 6.45) is 2.66. The summed E-state index contributed by atoms with van der Waals surface area (Å²) >= 11 is 1.23. The van der Waals surface area contributed by atoms with Crippen LogP contribution in [0.3, 0.4) is 0 Å². The Balaban J connectivity index is 1.99. The minimum absolute atomic E-state index is 0.335. The maximum atomic E-state index is 11.8. The second-order valence-electron chi connectivity index (χ2n) is 4.31. The van der Waals surface area contributed by atoms with E-state index >= 15 is 0 Å². The quantitative estimate of drug-likeness (QED) is 0.833. The monoisotopic (exact) mass is 254 g/mol. The van der Waals surface area contributed by atoms with Crippen LogP contribution in [-0.2, 0) is 4.79 Å². The largest absolute Gasteiger partial charge is 0.480 e. The average Bonchev–Trinajstić information content (AvgIpc) is 2.97. The second kappa shape index (κ2) is 4.83. The van der Waals surface area contributed by atoms with E-state index in [9.17, 15) is 9.59 Å². The van der Waals surface area contributed by atoms with Gasteiger partial charge in [-0.2, -0.15) is 0 Å². The Kier molecular flexibility index (Phi) is 3.42. The molecule has 0 aromatic carbocycles. The Morgan fingerprint density at radius 2 is 2.35 bits per heavy atom. The van der Waals surface area contributed by atoms with E-state index in [1.165, 1.54) is 11.3 Å². The molecule has 1 aliphatic carbocycles. The number of rotatable bonds is 5. The zero-order valence-corrected chi connectivity index (χ0v) is 10.3. The van der Waals surface area contributed by atoms with Crippen molar-refractivity contribution in [1.82, 2.24) is 10.3 Å². The van der Waals surface area contributed by atoms with Gasteiger partial charge in [-0.1, -0.05) is 12.8 Å². The number of aromatic nitrogens is 1. The van der Waals surface area contributed by atoms with Crippen molar-refractivity contribution in [3.05, 3.63) is 16.1 Å². The Hall–Kier alpha value is -1.43. The first-order valence-electron chi connectivity index (χ1n) is 5.51. The van der Waals surface area contributed by atoms with Crippen LogP contribution in [0.25, 0.3) is 0 Å². The number of carboxylic acid groups (broad SMARTS) is 1. The van der Waals surface area contributed by atoms with E-state index in [4.69, 9.17) is 5.11 Å². The maximum absolute atomic E-state index is 11.8. The molecule has 1 atom stereocenters. The summed E-state index contributed by atoms with van der Waals surface area (Å²) in [6, 6.07) is -0.781. The van der Waals surface area contributed by atoms with Gasteiger partial charge in [-0.25, -0.2) is 9.78 Å². The molecule has 1 fully saturated rings. The highest BCUT2D eigenvalue weighted by atomic mass is 32.1. The number of nitrogens with one attached hydrogen (secondary N) is 1. The SMILES string of the molecule is Cc1ncsc1C(=O)NC(CC1CC1)C(=O)O. The molecular weight excluding hydrogens is 240 g/mol. The van der Waals surface area contributed by atoms with Crippen LogP contribution in [-0.4, -0.2) is 28.0 Å². The zero-order valence-electron chi connectivity index (χ0n) is 9.47. The van der Waals surface area contributed by atoms with Gasteiger partial charge in [0.25, 0.3) is 5.91 Å². The minimum atomic E-state index is -0.965. The summed E-state index contributed by atoms with van der Waals surface area (Å²) in [5, 5.41) is 11.6. The lowest BCUT2D eigenvalue weighted by molar-refractivity contribution is -0.139. The molecule has 1 amide bonds. The fraction of sp³-hybridized carbons (Fsp3) is 0.545. The highest BCUT2D eigenvalue weighted by Gasteiger charge is 2.30. The van der Waals surface area contributed by atoms with Crippen molar-refractivity contribution in [2.24, 2.45) is 5.92 Å². The highest BCUT2D eigenvalue weighted by Crippen LogP contribution is 2.33. The molecule has 1 heterocycles. The predicted molar refractivity (Wildman–Crippen MR) is 63.1 cm³/mol. The van der Waals surface area contributed by atoms with E-state index in [2.05, 4.69) is 10.3 Å². The van der Waals surface area contributed by atoms with Crippen molar-refractivity contribution >= 4 is 23.2 Å². The van der Waals surface area contributed by atoms with Gasteiger partial charge in [0.15, 0.2) is 0 Å². The Morgan fingerprint density at radius 1 is 1.65 bits per heavy atom. The number of aliphatic carboxylic acids is 1. The first-order valence-corrected chi connectivity index (χ1v) is 6.39. The summed E-state index contributed by atoms with van der Waals surface area (Å²) in [7, 11) is 0. The molecule has 5 nitrogen and oxygen atoms in total. The van der Waals surface area contributed by atoms with Crippen LogP contribution in [0.2, 0.25) is 0 Å². The van der Waals surface area contributed by atoms with Crippen molar-refractivity contribution in [2.45, 2.75) is 32.2 Å². The summed E-state index contributed by atoms with van der Waals surface area (Å²) in [5.41, 5.74) is 2.23. The molecule has 1 saturated carbocycles. The lowest BCUT2D eigenvalue weighted by Crippen LogP contribution is -2.41. The second-order valence-corrected chi connectivity index (χ2v) is 5.17. The van der Waals surface area contributed by atoms with Gasteiger partial charge in [0.2, 0.25) is 0 Å². The number of amides is 1. The van der Waals surface area contributed by atoms with Gasteiger partial charge in [0.05, 0.1) is 11.2 Å². The van der Waals surface area contributed by atoms with Crippen molar-refractivity contribution in [3.8, 4) is 0 Å². The first-order chi connectivity index (χ1) is 8.08. The molecule has 0 radical (unpaired) electrons. The predicted octanol–water partition coefficient (Wildman–Crippen LogP) is 1.43. The van der Waals surface area contributed by atoms with E-state index < -0.39 is 12.0 Å². The van der Waals surface area contributed by atoms with Crippen molar-refractivity contribution < 1.29 is 14.7 Å². The van der Waals surface area contributed by atoms with Gasteiger partial charge < -0.3 is 10.4 Å². The number of carbonyl (C=O) groups is 2. The molecule has 6 heteroatoms. The summed E-state index contributed by atoms with van der Waals surface area (Å²) in [5.74, 6) is -0.843. The van der Waals surface area contributed by atoms with Gasteiger partial charge >= 0.3 is 5.97 Å². The molecule has 1 aromatic heterocycles. The molecule has 2 rings (SSSR count). The molecule has 0 spiro atoms. The van der Waals surface area contributed by atoms with Crippen LogP contribution in [0.15, 0.2) is 5.51 Å². The van der Waals surface area contributed by atoms with E-state index in [1.807, 2.05) is 0 Å². The van der Waals surface area contributed by atoms with Crippen LogP contribution in [0, 0.1) is 12.8 Å². The van der Waals surface area contributed by atoms with Crippen LogP contribution < -0.4 is 5.32 Å². The number of aryl methyl sites for hydroxylation is 1. The number of nitrogens with zero attached hydrogens (tertiary/aromatic N) is 1. The Morgan fingerprint density at radius 3 is 2.82 bits per heavy atom. The van der Waals surface area contributed by atoms with Crippen LogP contribution in [0.4, 0.5) is 0 Å². The number of thiazole rings is 1. The molecular formula is C11H14N2O3S. The minimum Gasteiger partial charge on any atom is -0.480 e. The summed E-state index contributed by atoms with van der Waals surface area (Å²) in [6.45, 7) is 1.74. The molecule has 1 aromatic rings. The highest BCUT2D eigenvalue weighted by molar-refractivity contribution is 7.11. The molecule has 1 aliphatic rings. The van der Waals surface area contributed by atoms with E-state index in [0.717, 1.165) is 12.8 Å². The fourth-order valence-electron chi connectivity index (χ4n) is 1.65. The molecule has 1 unspecified atom stereocenters. The fourth-order valence-corrected chi connectivity index (χ4v) is 2.36. The molecule has 2 N–H and O–H groups in total. The van der Waals surface area contributed by atoms with Crippen LogP contribution in [0.1, 0.15) is 34.6 Å². The van der Waals surface area contributed by atoms with Crippen molar-refractivity contribution in [3.63, 3.8) is 0 Å². The number of carboxylic acids is 1. The van der Waals surface area contributed by atoms with Crippen LogP contribution >= 0.6 is 11.3 Å². The lowest BCUT2D eigenvalue weighted by atomic mass is 10.1. The third kappa shape index (κ3) is 3.03. The van der Waals surface area contributed by atoms with Gasteiger partial charge in [-0.15, -0.1) is 11.3 Å². The van der Waals surface area contributed by atoms with Gasteiger partial charge in [0, 0.05) is 0 Å². The number of hydrogen-bond donors (Lipinski definition) is 2. The number of carbonyl (C=O) groups excluding carboxylic acids is 1. The zero-order chi connectivity index (χ0) is 12.4. The third-order valence-electron chi connectivity index (χ3n) is 2.82. The normalized spacial score (nSPS) is 16.5. The van der Waals surface area contributed by atoms with Crippen molar-refractivity contribution in [1.29, 1.82) is 0 Å². The molecule has 92 valence electrons. The first kappa shape index (κ1) is 12.0. The molecule has 17 heavy (non-hydrogen) atoms. The third-order valence-corrected chi connectivity index (χ3v) is 3.75. The van der Waals surface area contributed by atoms with Crippen LogP contribution in [0.5, 0.6) is 0 Å². The topological polar surface area (TPSA) is 79.3 Å². The Bertz CT molecular complexity index is 440. The smallest absolute Gasteiger partial charge is 0.326 e. The van der Waals surface area contributed by atoms with E-state index in [0.29, 0.717) is 22.9 Å². The van der Waals surface area contributed by atoms with Gasteiger partial charge in [-0.3, -0.25) is 4.79 Å². The van der Waals surface area contributed by atoms with E-state index in [1.54, 1.807) is 12.4 Å². The summed E-state index contributed by atoms with van der Waals surface area (Å²) in [4.78, 5) is 27.3. The number of hydrogen-bond acceptors (Lipinski definition) is 4. The van der Waals surface area contributed by atoms with Gasteiger partial charge in [-0.05, 0) is 19.3 Å². The molecule has 0 bridgehead atoms. The van der Waals surface area contributed by atoms with Crippen molar-refractivity contribution in [2.75, 3.05) is 0 Å². The lowest BCUT2D eigenvalue weighted by Gasteiger charge is -2.13. The summed E-state index contributed by atoms with van der Waals surface area (Å²) < 4.78 is 0. The Labute approximate surface area is 103 Å². The maximum Gasteiger partial charge on any atom is 0.326 e. The van der Waals surface area contributed by atoms with Gasteiger partial charge in [0.1, 0.15) is 10.9 Å². The standard InChI is InChI=1S/C11H14N2O3S/c1-6-9(17-5-12-6)10(14)13-8(11(15)16)4-7-2-3-7/h5,7-8H,2-4H2,1H3,(H,13,14)(H,15,16). The average molecular weight is 254 g/mol. The van der Waals surface area contributed by atoms with E-state index in [-0.39, 0.29) is 5.91 Å². The molecule has 0 saturated heterocycles.